The molecule has 148 valence electrons. The molecule has 1 fully saturated rings. The minimum absolute atomic E-state index is 0.0544. The molecular weight excluding hydrogens is 374 g/mol. The molecule has 0 aliphatic carbocycles. The van der Waals surface area contributed by atoms with Crippen LogP contribution in [0.5, 0.6) is 0 Å². The normalized spacial score (nSPS) is 15.2. The first kappa shape index (κ1) is 20.1. The van der Waals surface area contributed by atoms with Crippen molar-refractivity contribution in [3.05, 3.63) is 52.2 Å². The number of piperazine rings is 1. The average molecular weight is 400 g/mol. The molecule has 6 nitrogen and oxygen atoms in total. The Hall–Kier alpha value is -2.67. The topological polar surface area (TPSA) is 69.7 Å². The largest absolute Gasteiger partial charge is 0.368 e. The molecule has 3 rings (SSSR count). The molecule has 2 heterocycles. The maximum Gasteiger partial charge on any atom is 0.225 e. The van der Waals surface area contributed by atoms with Crippen molar-refractivity contribution in [1.82, 2.24) is 10.2 Å². The number of Topliss-reactive ketones (excluding diaryl/α,β-unsaturated/α-hetero) is 1. The van der Waals surface area contributed by atoms with Crippen LogP contribution in [-0.2, 0) is 9.59 Å². The number of rotatable bonds is 6. The third-order valence-corrected chi connectivity index (χ3v) is 5.90. The number of benzene rings is 1. The first-order chi connectivity index (χ1) is 13.4. The van der Waals surface area contributed by atoms with E-state index >= 15 is 0 Å². The van der Waals surface area contributed by atoms with Gasteiger partial charge in [-0.15, -0.1) is 11.3 Å². The van der Waals surface area contributed by atoms with Crippen LogP contribution >= 0.6 is 11.3 Å². The lowest BCUT2D eigenvalue weighted by Crippen LogP contribution is -2.49. The molecule has 0 bridgehead atoms. The van der Waals surface area contributed by atoms with Gasteiger partial charge in [-0.2, -0.15) is 0 Å². The summed E-state index contributed by atoms with van der Waals surface area (Å²) >= 11 is 1.54. The van der Waals surface area contributed by atoms with E-state index in [-0.39, 0.29) is 30.1 Å². The average Bonchev–Trinajstić information content (AvgIpc) is 3.22. The predicted molar refractivity (Wildman–Crippen MR) is 111 cm³/mol. The van der Waals surface area contributed by atoms with Crippen LogP contribution in [0.15, 0.2) is 41.8 Å². The summed E-state index contributed by atoms with van der Waals surface area (Å²) < 4.78 is 0. The van der Waals surface area contributed by atoms with Gasteiger partial charge in [0.1, 0.15) is 0 Å². The Morgan fingerprint density at radius 3 is 2.25 bits per heavy atom. The third kappa shape index (κ3) is 4.98. The smallest absolute Gasteiger partial charge is 0.225 e. The summed E-state index contributed by atoms with van der Waals surface area (Å²) in [6.07, 6.45) is 0.271. The van der Waals surface area contributed by atoms with Gasteiger partial charge in [-0.3, -0.25) is 14.4 Å². The van der Waals surface area contributed by atoms with Crippen LogP contribution in [-0.4, -0.2) is 48.7 Å². The van der Waals surface area contributed by atoms with E-state index in [2.05, 4.69) is 10.2 Å². The van der Waals surface area contributed by atoms with Crippen molar-refractivity contribution in [1.29, 1.82) is 0 Å². The molecular formula is C21H25N3O3S. The number of carbonyl (C=O) groups is 3. The Bertz CT molecular complexity index is 825. The monoisotopic (exact) mass is 399 g/mol. The number of hydrogen-bond donors (Lipinski definition) is 1. The van der Waals surface area contributed by atoms with Crippen molar-refractivity contribution in [3.63, 3.8) is 0 Å². The Balaban J connectivity index is 1.57. The molecule has 1 atom stereocenters. The molecule has 1 saturated heterocycles. The fraction of sp³-hybridized carbons (Fsp3) is 0.381. The Labute approximate surface area is 169 Å². The molecule has 1 unspecified atom stereocenters. The summed E-state index contributed by atoms with van der Waals surface area (Å²) in [5.74, 6) is -0.0230. The van der Waals surface area contributed by atoms with Gasteiger partial charge in [0.2, 0.25) is 11.8 Å². The lowest BCUT2D eigenvalue weighted by Gasteiger charge is -2.36. The van der Waals surface area contributed by atoms with E-state index in [0.717, 1.165) is 23.7 Å². The van der Waals surface area contributed by atoms with Crippen LogP contribution in [0.25, 0.3) is 0 Å². The van der Waals surface area contributed by atoms with E-state index in [9.17, 15) is 14.4 Å². The van der Waals surface area contributed by atoms with Gasteiger partial charge in [-0.25, -0.2) is 0 Å². The zero-order valence-corrected chi connectivity index (χ0v) is 17.0. The van der Waals surface area contributed by atoms with Crippen LogP contribution in [0, 0.1) is 0 Å². The summed E-state index contributed by atoms with van der Waals surface area (Å²) in [6.45, 7) is 5.81. The minimum Gasteiger partial charge on any atom is -0.368 e. The number of hydrogen-bond acceptors (Lipinski definition) is 5. The first-order valence-corrected chi connectivity index (χ1v) is 10.3. The van der Waals surface area contributed by atoms with Crippen molar-refractivity contribution in [2.45, 2.75) is 26.3 Å². The summed E-state index contributed by atoms with van der Waals surface area (Å²) in [4.78, 5) is 40.8. The van der Waals surface area contributed by atoms with E-state index in [1.807, 2.05) is 46.7 Å². The van der Waals surface area contributed by atoms with Gasteiger partial charge >= 0.3 is 0 Å². The van der Waals surface area contributed by atoms with E-state index in [4.69, 9.17) is 0 Å². The molecule has 0 spiro atoms. The molecule has 0 radical (unpaired) electrons. The molecule has 28 heavy (non-hydrogen) atoms. The second-order valence-corrected chi connectivity index (χ2v) is 7.92. The van der Waals surface area contributed by atoms with Crippen LogP contribution < -0.4 is 10.2 Å². The van der Waals surface area contributed by atoms with Gasteiger partial charge < -0.3 is 15.1 Å². The summed E-state index contributed by atoms with van der Waals surface area (Å²) in [5.41, 5.74) is 1.77. The third-order valence-electron chi connectivity index (χ3n) is 4.91. The highest BCUT2D eigenvalue weighted by molar-refractivity contribution is 7.10. The second kappa shape index (κ2) is 9.01. The molecule has 2 aromatic rings. The Morgan fingerprint density at radius 1 is 1.04 bits per heavy atom. The molecule has 1 aliphatic rings. The zero-order chi connectivity index (χ0) is 20.1. The number of ketones is 1. The maximum absolute atomic E-state index is 12.8. The van der Waals surface area contributed by atoms with Gasteiger partial charge in [-0.1, -0.05) is 6.07 Å². The number of nitrogens with zero attached hydrogens (tertiary/aromatic N) is 2. The first-order valence-electron chi connectivity index (χ1n) is 9.38. The Kier molecular flexibility index (Phi) is 6.46. The number of amides is 2. The fourth-order valence-electron chi connectivity index (χ4n) is 3.38. The molecule has 0 saturated carbocycles. The van der Waals surface area contributed by atoms with E-state index in [0.29, 0.717) is 18.7 Å². The van der Waals surface area contributed by atoms with E-state index in [1.165, 1.54) is 6.92 Å². The lowest BCUT2D eigenvalue weighted by molar-refractivity contribution is -0.132. The number of nitrogens with one attached hydrogen (secondary N) is 1. The van der Waals surface area contributed by atoms with Crippen molar-refractivity contribution in [2.24, 2.45) is 0 Å². The fourth-order valence-corrected chi connectivity index (χ4v) is 4.16. The Morgan fingerprint density at radius 2 is 1.71 bits per heavy atom. The SMILES string of the molecule is CC(=O)NC(CC(=O)N1CCN(c2ccc(C(C)=O)cc2)CC1)c1cccs1. The highest BCUT2D eigenvalue weighted by Gasteiger charge is 2.25. The van der Waals surface area contributed by atoms with Crippen molar-refractivity contribution >= 4 is 34.6 Å². The van der Waals surface area contributed by atoms with E-state index < -0.39 is 0 Å². The highest BCUT2D eigenvalue weighted by Crippen LogP contribution is 2.24. The van der Waals surface area contributed by atoms with Crippen LogP contribution in [0.3, 0.4) is 0 Å². The molecule has 1 N–H and O–H groups in total. The van der Waals surface area contributed by atoms with Crippen molar-refractivity contribution in [2.75, 3.05) is 31.1 Å². The molecule has 1 aliphatic heterocycles. The van der Waals surface area contributed by atoms with Crippen LogP contribution in [0.2, 0.25) is 0 Å². The second-order valence-electron chi connectivity index (χ2n) is 6.94. The summed E-state index contributed by atoms with van der Waals surface area (Å²) in [6, 6.07) is 11.2. The molecule has 1 aromatic carbocycles. The zero-order valence-electron chi connectivity index (χ0n) is 16.2. The summed E-state index contributed by atoms with van der Waals surface area (Å²) in [5, 5.41) is 4.84. The standard InChI is InChI=1S/C21H25N3O3S/c1-15(25)17-5-7-18(8-6-17)23-9-11-24(12-10-23)21(27)14-19(22-16(2)26)20-4-3-13-28-20/h3-8,13,19H,9-12,14H2,1-2H3,(H,22,26). The summed E-state index contributed by atoms with van der Waals surface area (Å²) in [7, 11) is 0. The lowest BCUT2D eigenvalue weighted by atomic mass is 10.1. The molecule has 2 amide bonds. The maximum atomic E-state index is 12.8. The van der Waals surface area contributed by atoms with E-state index in [1.54, 1.807) is 18.3 Å². The van der Waals surface area contributed by atoms with Gasteiger partial charge in [-0.05, 0) is 42.6 Å². The number of carbonyl (C=O) groups excluding carboxylic acids is 3. The van der Waals surface area contributed by atoms with Gasteiger partial charge in [0.05, 0.1) is 12.5 Å². The number of thiophene rings is 1. The van der Waals surface area contributed by atoms with Gasteiger partial charge in [0, 0.05) is 49.2 Å². The van der Waals surface area contributed by atoms with Crippen molar-refractivity contribution in [3.8, 4) is 0 Å². The molecule has 7 heteroatoms. The van der Waals surface area contributed by atoms with Gasteiger partial charge in [0.25, 0.3) is 0 Å². The minimum atomic E-state index is -0.276. The predicted octanol–water partition coefficient (Wildman–Crippen LogP) is 2.87. The quantitative estimate of drug-likeness (QED) is 0.759. The highest BCUT2D eigenvalue weighted by atomic mass is 32.1. The van der Waals surface area contributed by atoms with Gasteiger partial charge in [0.15, 0.2) is 5.78 Å². The molecule has 1 aromatic heterocycles. The number of anilines is 1. The van der Waals surface area contributed by atoms with Crippen LogP contribution in [0.1, 0.15) is 41.5 Å². The van der Waals surface area contributed by atoms with Crippen LogP contribution in [0.4, 0.5) is 5.69 Å². The van der Waals surface area contributed by atoms with Crippen molar-refractivity contribution < 1.29 is 14.4 Å².